The number of halogens is 1. The van der Waals surface area contributed by atoms with Crippen LogP contribution in [-0.2, 0) is 11.2 Å². The van der Waals surface area contributed by atoms with Crippen LogP contribution >= 0.6 is 11.6 Å². The first-order valence-electron chi connectivity index (χ1n) is 5.09. The Labute approximate surface area is 104 Å². The quantitative estimate of drug-likeness (QED) is 0.849. The van der Waals surface area contributed by atoms with E-state index in [2.05, 4.69) is 4.98 Å². The monoisotopic (exact) mass is 247 g/mol. The van der Waals surface area contributed by atoms with Crippen LogP contribution in [0.15, 0.2) is 42.5 Å². The maximum absolute atomic E-state index is 10.8. The summed E-state index contributed by atoms with van der Waals surface area (Å²) in [5, 5.41) is 9.21. The van der Waals surface area contributed by atoms with Gasteiger partial charge in [0.25, 0.3) is 0 Å². The lowest BCUT2D eigenvalue weighted by molar-refractivity contribution is -0.136. The van der Waals surface area contributed by atoms with Crippen molar-refractivity contribution < 1.29 is 9.90 Å². The molecule has 86 valence electrons. The van der Waals surface area contributed by atoms with Crippen LogP contribution in [0.4, 0.5) is 0 Å². The minimum Gasteiger partial charge on any atom is -0.481 e. The van der Waals surface area contributed by atoms with E-state index in [1.165, 1.54) is 0 Å². The molecule has 0 fully saturated rings. The van der Waals surface area contributed by atoms with Crippen molar-refractivity contribution in [1.29, 1.82) is 0 Å². The molecule has 0 atom stereocenters. The lowest BCUT2D eigenvalue weighted by Gasteiger charge is -2.07. The first-order valence-corrected chi connectivity index (χ1v) is 5.47. The second-order valence-corrected chi connectivity index (χ2v) is 3.97. The topological polar surface area (TPSA) is 50.2 Å². The number of hydrogen-bond donors (Lipinski definition) is 1. The van der Waals surface area contributed by atoms with Gasteiger partial charge in [-0.1, -0.05) is 48.0 Å². The fraction of sp³-hybridized carbons (Fsp3) is 0.0769. The molecule has 3 nitrogen and oxygen atoms in total. The third-order valence-corrected chi connectivity index (χ3v) is 2.54. The van der Waals surface area contributed by atoms with Gasteiger partial charge >= 0.3 is 5.97 Å². The number of pyridine rings is 1. The molecular formula is C13H10ClNO2. The lowest BCUT2D eigenvalue weighted by Crippen LogP contribution is -2.03. The van der Waals surface area contributed by atoms with Crippen LogP contribution in [0, 0.1) is 0 Å². The molecule has 17 heavy (non-hydrogen) atoms. The summed E-state index contributed by atoms with van der Waals surface area (Å²) in [6.45, 7) is 0. The van der Waals surface area contributed by atoms with E-state index < -0.39 is 5.97 Å². The van der Waals surface area contributed by atoms with Gasteiger partial charge in [0.15, 0.2) is 0 Å². The van der Waals surface area contributed by atoms with Crippen molar-refractivity contribution in [2.75, 3.05) is 0 Å². The summed E-state index contributed by atoms with van der Waals surface area (Å²) >= 11 is 5.84. The molecule has 0 aliphatic heterocycles. The van der Waals surface area contributed by atoms with Crippen molar-refractivity contribution in [1.82, 2.24) is 4.98 Å². The van der Waals surface area contributed by atoms with E-state index >= 15 is 0 Å². The molecule has 0 saturated carbocycles. The van der Waals surface area contributed by atoms with Gasteiger partial charge in [0.2, 0.25) is 0 Å². The molecule has 0 radical (unpaired) electrons. The molecule has 0 bridgehead atoms. The van der Waals surface area contributed by atoms with E-state index in [0.717, 1.165) is 5.56 Å². The molecule has 0 aliphatic carbocycles. The highest BCUT2D eigenvalue weighted by Gasteiger charge is 2.10. The van der Waals surface area contributed by atoms with Crippen LogP contribution in [0.25, 0.3) is 11.3 Å². The number of aliphatic carboxylic acids is 1. The van der Waals surface area contributed by atoms with Crippen molar-refractivity contribution >= 4 is 17.6 Å². The largest absolute Gasteiger partial charge is 0.481 e. The van der Waals surface area contributed by atoms with E-state index in [-0.39, 0.29) is 6.42 Å². The van der Waals surface area contributed by atoms with Gasteiger partial charge in [-0.25, -0.2) is 4.98 Å². The minimum atomic E-state index is -0.883. The number of benzene rings is 1. The summed E-state index contributed by atoms with van der Waals surface area (Å²) < 4.78 is 0. The Balaban J connectivity index is 2.51. The van der Waals surface area contributed by atoms with Gasteiger partial charge in [0, 0.05) is 5.56 Å². The van der Waals surface area contributed by atoms with Gasteiger partial charge < -0.3 is 5.11 Å². The standard InChI is InChI=1S/C13H10ClNO2/c14-11-7-6-10(8-12(16)17)13(15-11)9-4-2-1-3-5-9/h1-7H,8H2,(H,16,17). The Kier molecular flexibility index (Phi) is 3.40. The van der Waals surface area contributed by atoms with E-state index in [1.54, 1.807) is 12.1 Å². The molecule has 0 amide bonds. The Morgan fingerprint density at radius 3 is 2.53 bits per heavy atom. The predicted octanol–water partition coefficient (Wildman–Crippen LogP) is 3.03. The third kappa shape index (κ3) is 2.82. The molecule has 2 rings (SSSR count). The van der Waals surface area contributed by atoms with E-state index in [1.807, 2.05) is 30.3 Å². The molecule has 1 aromatic heterocycles. The SMILES string of the molecule is O=C(O)Cc1ccc(Cl)nc1-c1ccccc1. The van der Waals surface area contributed by atoms with Crippen LogP contribution in [0.1, 0.15) is 5.56 Å². The van der Waals surface area contributed by atoms with E-state index in [4.69, 9.17) is 16.7 Å². The second kappa shape index (κ2) is 4.97. The summed E-state index contributed by atoms with van der Waals surface area (Å²) in [6.07, 6.45) is -0.0611. The maximum Gasteiger partial charge on any atom is 0.307 e. The van der Waals surface area contributed by atoms with Crippen molar-refractivity contribution in [3.05, 3.63) is 53.2 Å². The predicted molar refractivity (Wildman–Crippen MR) is 66.0 cm³/mol. The van der Waals surface area contributed by atoms with Crippen LogP contribution in [0.3, 0.4) is 0 Å². The lowest BCUT2D eigenvalue weighted by atomic mass is 10.0. The Bertz CT molecular complexity index is 540. The number of hydrogen-bond acceptors (Lipinski definition) is 2. The first-order chi connectivity index (χ1) is 8.16. The molecule has 1 N–H and O–H groups in total. The summed E-state index contributed by atoms with van der Waals surface area (Å²) in [7, 11) is 0. The van der Waals surface area contributed by atoms with Crippen molar-refractivity contribution in [2.24, 2.45) is 0 Å². The van der Waals surface area contributed by atoms with E-state index in [9.17, 15) is 4.79 Å². The fourth-order valence-corrected chi connectivity index (χ4v) is 1.76. The summed E-state index contributed by atoms with van der Waals surface area (Å²) in [4.78, 5) is 15.0. The molecule has 1 aromatic carbocycles. The fourth-order valence-electron chi connectivity index (χ4n) is 1.62. The highest BCUT2D eigenvalue weighted by atomic mass is 35.5. The van der Waals surface area contributed by atoms with Gasteiger partial charge in [0.05, 0.1) is 12.1 Å². The van der Waals surface area contributed by atoms with Gasteiger partial charge in [-0.2, -0.15) is 0 Å². The number of carboxylic acids is 1. The van der Waals surface area contributed by atoms with E-state index in [0.29, 0.717) is 16.4 Å². The second-order valence-electron chi connectivity index (χ2n) is 3.58. The van der Waals surface area contributed by atoms with Gasteiger partial charge in [-0.15, -0.1) is 0 Å². The minimum absolute atomic E-state index is 0.0611. The third-order valence-electron chi connectivity index (χ3n) is 2.33. The number of carboxylic acid groups (broad SMARTS) is 1. The van der Waals surface area contributed by atoms with Crippen molar-refractivity contribution in [3.8, 4) is 11.3 Å². The molecule has 0 saturated heterocycles. The zero-order valence-electron chi connectivity index (χ0n) is 8.93. The molecule has 2 aromatic rings. The first kappa shape index (κ1) is 11.6. The number of rotatable bonds is 3. The highest BCUT2D eigenvalue weighted by Crippen LogP contribution is 2.23. The number of aromatic nitrogens is 1. The summed E-state index contributed by atoms with van der Waals surface area (Å²) in [5.41, 5.74) is 2.15. The Morgan fingerprint density at radius 2 is 1.88 bits per heavy atom. The maximum atomic E-state index is 10.8. The zero-order chi connectivity index (χ0) is 12.3. The average Bonchev–Trinajstić information content (AvgIpc) is 2.32. The van der Waals surface area contributed by atoms with Crippen LogP contribution in [0.5, 0.6) is 0 Å². The van der Waals surface area contributed by atoms with Gasteiger partial charge in [0.1, 0.15) is 5.15 Å². The van der Waals surface area contributed by atoms with Crippen LogP contribution < -0.4 is 0 Å². The molecule has 0 aliphatic rings. The summed E-state index contributed by atoms with van der Waals surface area (Å²) in [6, 6.07) is 12.7. The molecule has 1 heterocycles. The van der Waals surface area contributed by atoms with Gasteiger partial charge in [-0.3, -0.25) is 4.79 Å². The number of nitrogens with zero attached hydrogens (tertiary/aromatic N) is 1. The average molecular weight is 248 g/mol. The zero-order valence-corrected chi connectivity index (χ0v) is 9.69. The molecular weight excluding hydrogens is 238 g/mol. The normalized spacial score (nSPS) is 10.2. The van der Waals surface area contributed by atoms with Crippen LogP contribution in [-0.4, -0.2) is 16.1 Å². The van der Waals surface area contributed by atoms with Crippen molar-refractivity contribution in [3.63, 3.8) is 0 Å². The Morgan fingerprint density at radius 1 is 1.18 bits per heavy atom. The van der Waals surface area contributed by atoms with Crippen molar-refractivity contribution in [2.45, 2.75) is 6.42 Å². The molecule has 0 unspecified atom stereocenters. The molecule has 0 spiro atoms. The smallest absolute Gasteiger partial charge is 0.307 e. The molecule has 4 heteroatoms. The Hall–Kier alpha value is -1.87. The number of carbonyl (C=O) groups is 1. The van der Waals surface area contributed by atoms with Crippen LogP contribution in [0.2, 0.25) is 5.15 Å². The highest BCUT2D eigenvalue weighted by molar-refractivity contribution is 6.29. The summed E-state index contributed by atoms with van der Waals surface area (Å²) in [5.74, 6) is -0.883. The van der Waals surface area contributed by atoms with Gasteiger partial charge in [-0.05, 0) is 11.6 Å².